The maximum absolute atomic E-state index is 13.1. The van der Waals surface area contributed by atoms with Crippen molar-refractivity contribution in [3.63, 3.8) is 0 Å². The van der Waals surface area contributed by atoms with E-state index >= 15 is 0 Å². The zero-order valence-electron chi connectivity index (χ0n) is 13.0. The van der Waals surface area contributed by atoms with E-state index in [1.165, 1.54) is 12.1 Å². The first kappa shape index (κ1) is 16.2. The lowest BCUT2D eigenvalue weighted by Crippen LogP contribution is -2.37. The van der Waals surface area contributed by atoms with Crippen LogP contribution in [-0.2, 0) is 0 Å². The Hall–Kier alpha value is -2.70. The first-order valence-corrected chi connectivity index (χ1v) is 7.91. The monoisotopic (exact) mass is 331 g/mol. The molecule has 7 heteroatoms. The minimum absolute atomic E-state index is 0.0106. The normalized spacial score (nSPS) is 18.2. The van der Waals surface area contributed by atoms with E-state index < -0.39 is 11.2 Å². The quantitative estimate of drug-likeness (QED) is 0.877. The number of benzene rings is 1. The first-order chi connectivity index (χ1) is 11.5. The molecular formula is C17H18FN3O3. The molecule has 126 valence electrons. The highest BCUT2D eigenvalue weighted by Crippen LogP contribution is 2.27. The van der Waals surface area contributed by atoms with E-state index in [1.54, 1.807) is 17.0 Å². The van der Waals surface area contributed by atoms with Crippen LogP contribution in [0.25, 0.3) is 0 Å². The Balaban J connectivity index is 1.84. The summed E-state index contributed by atoms with van der Waals surface area (Å²) < 4.78 is 13.1. The van der Waals surface area contributed by atoms with Gasteiger partial charge in [-0.3, -0.25) is 14.6 Å². The van der Waals surface area contributed by atoms with Crippen molar-refractivity contribution >= 4 is 5.91 Å². The van der Waals surface area contributed by atoms with E-state index in [0.717, 1.165) is 30.9 Å². The Bertz CT molecular complexity index is 813. The van der Waals surface area contributed by atoms with Crippen LogP contribution in [0, 0.1) is 5.82 Å². The van der Waals surface area contributed by atoms with Crippen molar-refractivity contribution in [2.75, 3.05) is 13.1 Å². The van der Waals surface area contributed by atoms with Crippen LogP contribution in [-0.4, -0.2) is 33.9 Å². The SMILES string of the molecule is O=C(c1cc(=O)[nH]c(=O)[nH]1)N1CCCC[C@H](c2ccc(F)cc2)C1. The van der Waals surface area contributed by atoms with Gasteiger partial charge < -0.3 is 9.88 Å². The molecular weight excluding hydrogens is 313 g/mol. The highest BCUT2D eigenvalue weighted by atomic mass is 19.1. The smallest absolute Gasteiger partial charge is 0.326 e. The van der Waals surface area contributed by atoms with Crippen LogP contribution in [0.3, 0.4) is 0 Å². The predicted molar refractivity (Wildman–Crippen MR) is 86.6 cm³/mol. The summed E-state index contributed by atoms with van der Waals surface area (Å²) in [4.78, 5) is 41.5. The second-order valence-electron chi connectivity index (χ2n) is 6.00. The molecule has 0 radical (unpaired) electrons. The maximum atomic E-state index is 13.1. The van der Waals surface area contributed by atoms with Crippen molar-refractivity contribution in [1.82, 2.24) is 14.9 Å². The van der Waals surface area contributed by atoms with Crippen molar-refractivity contribution in [3.05, 3.63) is 68.2 Å². The van der Waals surface area contributed by atoms with E-state index in [4.69, 9.17) is 0 Å². The molecule has 1 atom stereocenters. The molecule has 1 aliphatic heterocycles. The number of halogens is 1. The highest BCUT2D eigenvalue weighted by molar-refractivity contribution is 5.92. The van der Waals surface area contributed by atoms with Gasteiger partial charge >= 0.3 is 5.69 Å². The van der Waals surface area contributed by atoms with Crippen LogP contribution in [0.2, 0.25) is 0 Å². The Morgan fingerprint density at radius 1 is 1.12 bits per heavy atom. The molecule has 1 aromatic carbocycles. The van der Waals surface area contributed by atoms with E-state index in [2.05, 4.69) is 4.98 Å². The molecule has 0 spiro atoms. The van der Waals surface area contributed by atoms with Gasteiger partial charge in [-0.15, -0.1) is 0 Å². The van der Waals surface area contributed by atoms with Gasteiger partial charge in [0.2, 0.25) is 0 Å². The number of carbonyl (C=O) groups excluding carboxylic acids is 1. The van der Waals surface area contributed by atoms with Crippen molar-refractivity contribution in [2.45, 2.75) is 25.2 Å². The Morgan fingerprint density at radius 3 is 2.58 bits per heavy atom. The van der Waals surface area contributed by atoms with Crippen LogP contribution in [0.15, 0.2) is 39.9 Å². The molecule has 1 aliphatic rings. The number of hydrogen-bond donors (Lipinski definition) is 2. The molecule has 1 saturated heterocycles. The minimum Gasteiger partial charge on any atom is -0.337 e. The van der Waals surface area contributed by atoms with Crippen LogP contribution in [0.4, 0.5) is 4.39 Å². The number of rotatable bonds is 2. The van der Waals surface area contributed by atoms with Gasteiger partial charge in [-0.05, 0) is 30.5 Å². The molecule has 2 aromatic rings. The fourth-order valence-electron chi connectivity index (χ4n) is 3.09. The van der Waals surface area contributed by atoms with E-state index in [9.17, 15) is 18.8 Å². The van der Waals surface area contributed by atoms with Gasteiger partial charge in [0.05, 0.1) is 0 Å². The fourth-order valence-corrected chi connectivity index (χ4v) is 3.09. The van der Waals surface area contributed by atoms with Crippen LogP contribution in [0.5, 0.6) is 0 Å². The van der Waals surface area contributed by atoms with Gasteiger partial charge in [-0.25, -0.2) is 9.18 Å². The van der Waals surface area contributed by atoms with Crippen LogP contribution in [0.1, 0.15) is 41.2 Å². The molecule has 1 fully saturated rings. The summed E-state index contributed by atoms with van der Waals surface area (Å²) in [5.41, 5.74) is -0.332. The molecule has 1 aromatic heterocycles. The zero-order chi connectivity index (χ0) is 17.1. The lowest BCUT2D eigenvalue weighted by molar-refractivity contribution is 0.0748. The summed E-state index contributed by atoms with van der Waals surface area (Å²) in [7, 11) is 0. The molecule has 2 heterocycles. The topological polar surface area (TPSA) is 86.0 Å². The molecule has 2 N–H and O–H groups in total. The lowest BCUT2D eigenvalue weighted by atomic mass is 9.94. The van der Waals surface area contributed by atoms with Gasteiger partial charge in [0, 0.05) is 25.1 Å². The average molecular weight is 331 g/mol. The zero-order valence-corrected chi connectivity index (χ0v) is 13.0. The third-order valence-electron chi connectivity index (χ3n) is 4.29. The van der Waals surface area contributed by atoms with E-state index in [0.29, 0.717) is 13.1 Å². The summed E-state index contributed by atoms with van der Waals surface area (Å²) >= 11 is 0. The largest absolute Gasteiger partial charge is 0.337 e. The molecule has 6 nitrogen and oxygen atoms in total. The predicted octanol–water partition coefficient (Wildman–Crippen LogP) is 1.61. The molecule has 0 bridgehead atoms. The number of nitrogens with one attached hydrogen (secondary N) is 2. The summed E-state index contributed by atoms with van der Waals surface area (Å²) in [6.45, 7) is 1.03. The minimum atomic E-state index is -0.698. The summed E-state index contributed by atoms with van der Waals surface area (Å²) in [5, 5.41) is 0. The Kier molecular flexibility index (Phi) is 4.59. The fraction of sp³-hybridized carbons (Fsp3) is 0.353. The van der Waals surface area contributed by atoms with E-state index in [1.807, 2.05) is 4.98 Å². The average Bonchev–Trinajstić information content (AvgIpc) is 2.80. The number of H-pyrrole nitrogens is 2. The number of aromatic nitrogens is 2. The van der Waals surface area contributed by atoms with Crippen molar-refractivity contribution in [1.29, 1.82) is 0 Å². The Morgan fingerprint density at radius 2 is 1.88 bits per heavy atom. The van der Waals surface area contributed by atoms with E-state index in [-0.39, 0.29) is 23.3 Å². The molecule has 3 rings (SSSR count). The van der Waals surface area contributed by atoms with Crippen molar-refractivity contribution < 1.29 is 9.18 Å². The number of carbonyl (C=O) groups is 1. The van der Waals surface area contributed by atoms with Gasteiger partial charge in [0.15, 0.2) is 0 Å². The lowest BCUT2D eigenvalue weighted by Gasteiger charge is -2.24. The van der Waals surface area contributed by atoms with Crippen LogP contribution < -0.4 is 11.2 Å². The number of aromatic amines is 2. The van der Waals surface area contributed by atoms with Gasteiger partial charge in [0.25, 0.3) is 11.5 Å². The maximum Gasteiger partial charge on any atom is 0.326 e. The second kappa shape index (κ2) is 6.82. The standard InChI is InChI=1S/C17H18FN3O3/c18-13-6-4-11(5-7-13)12-3-1-2-8-21(10-12)16(23)14-9-15(22)20-17(24)19-14/h4-7,9,12H,1-3,8,10H2,(H2,19,20,22,24)/t12-/m0/s1. The second-order valence-corrected chi connectivity index (χ2v) is 6.00. The summed E-state index contributed by atoms with van der Waals surface area (Å²) in [6, 6.07) is 7.41. The molecule has 0 unspecified atom stereocenters. The summed E-state index contributed by atoms with van der Waals surface area (Å²) in [6.07, 6.45) is 2.70. The van der Waals surface area contributed by atoms with Gasteiger partial charge in [-0.1, -0.05) is 18.6 Å². The number of hydrogen-bond acceptors (Lipinski definition) is 3. The molecule has 1 amide bonds. The molecule has 24 heavy (non-hydrogen) atoms. The number of amides is 1. The van der Waals surface area contributed by atoms with Gasteiger partial charge in [0.1, 0.15) is 11.5 Å². The third kappa shape index (κ3) is 3.61. The van der Waals surface area contributed by atoms with Crippen molar-refractivity contribution in [2.24, 2.45) is 0 Å². The first-order valence-electron chi connectivity index (χ1n) is 7.91. The number of nitrogens with zero attached hydrogens (tertiary/aromatic N) is 1. The summed E-state index contributed by atoms with van der Waals surface area (Å²) in [5.74, 6) is -0.556. The van der Waals surface area contributed by atoms with Gasteiger partial charge in [-0.2, -0.15) is 0 Å². The van der Waals surface area contributed by atoms with Crippen molar-refractivity contribution in [3.8, 4) is 0 Å². The highest BCUT2D eigenvalue weighted by Gasteiger charge is 2.24. The number of likely N-dealkylation sites (tertiary alicyclic amines) is 1. The Labute approximate surface area is 137 Å². The molecule has 0 aliphatic carbocycles. The third-order valence-corrected chi connectivity index (χ3v) is 4.29. The molecule has 0 saturated carbocycles. The van der Waals surface area contributed by atoms with Crippen LogP contribution >= 0.6 is 0 Å².